The zero-order valence-corrected chi connectivity index (χ0v) is 18.7. The molecule has 3 fully saturated rings. The Morgan fingerprint density at radius 2 is 2.00 bits per heavy atom. The van der Waals surface area contributed by atoms with Crippen molar-refractivity contribution in [1.82, 2.24) is 0 Å². The van der Waals surface area contributed by atoms with Crippen molar-refractivity contribution in [2.45, 2.75) is 85.5 Å². The third kappa shape index (κ3) is 3.24. The first-order valence-corrected chi connectivity index (χ1v) is 11.8. The molecule has 4 rings (SSSR count). The topological polar surface area (TPSA) is 54.4 Å². The van der Waals surface area contributed by atoms with Crippen LogP contribution >= 0.6 is 0 Å². The summed E-state index contributed by atoms with van der Waals surface area (Å²) in [4.78, 5) is 23.3. The molecule has 0 aromatic carbocycles. The molecule has 1 N–H and O–H groups in total. The minimum Gasteiger partial charge on any atom is -0.481 e. The normalized spacial score (nSPS) is 43.9. The summed E-state index contributed by atoms with van der Waals surface area (Å²) in [6.45, 7) is 9.40. The van der Waals surface area contributed by atoms with Crippen molar-refractivity contribution in [2.75, 3.05) is 0 Å². The molecule has 4 aliphatic rings. The zero-order chi connectivity index (χ0) is 21.0. The molecule has 0 heterocycles. The third-order valence-electron chi connectivity index (χ3n) is 9.79. The molecule has 160 valence electrons. The lowest BCUT2D eigenvalue weighted by Crippen LogP contribution is -2.51. The lowest BCUT2D eigenvalue weighted by atomic mass is 9.45. The number of carboxylic acids is 1. The van der Waals surface area contributed by atoms with Crippen LogP contribution in [0.15, 0.2) is 23.3 Å². The summed E-state index contributed by atoms with van der Waals surface area (Å²) < 4.78 is 0. The van der Waals surface area contributed by atoms with Crippen molar-refractivity contribution in [3.8, 4) is 0 Å². The van der Waals surface area contributed by atoms with E-state index in [1.807, 2.05) is 6.08 Å². The van der Waals surface area contributed by atoms with Crippen LogP contribution in [0.25, 0.3) is 0 Å². The van der Waals surface area contributed by atoms with Crippen molar-refractivity contribution in [3.63, 3.8) is 0 Å². The average Bonchev–Trinajstić information content (AvgIpc) is 3.03. The highest BCUT2D eigenvalue weighted by atomic mass is 16.4. The van der Waals surface area contributed by atoms with Crippen LogP contribution in [0.3, 0.4) is 0 Å². The van der Waals surface area contributed by atoms with Crippen LogP contribution in [-0.2, 0) is 9.59 Å². The van der Waals surface area contributed by atoms with Gasteiger partial charge in [-0.15, -0.1) is 0 Å². The fourth-order valence-electron chi connectivity index (χ4n) is 8.29. The monoisotopic (exact) mass is 398 g/mol. The standard InChI is InChI=1S/C26H38O3/c1-5-17-14-19-21-8-7-20(16(2)6-9-24(28)29)25(21,3)13-11-22(19)26(4)12-10-18(27)15-23(17)26/h5,15-16,19-22H,6-14H2,1-4H3,(H,28,29)/b17-5-/t16-,19?,20?,21?,22?,25-,26-/m1/s1. The van der Waals surface area contributed by atoms with Gasteiger partial charge in [-0.25, -0.2) is 0 Å². The number of carboxylic acid groups (broad SMARTS) is 1. The summed E-state index contributed by atoms with van der Waals surface area (Å²) in [6, 6.07) is 0. The van der Waals surface area contributed by atoms with Crippen LogP contribution in [0.2, 0.25) is 0 Å². The second-order valence-corrected chi connectivity index (χ2v) is 11.0. The molecule has 0 bridgehead atoms. The Balaban J connectivity index is 1.62. The number of aliphatic carboxylic acids is 1. The van der Waals surface area contributed by atoms with Gasteiger partial charge in [-0.3, -0.25) is 9.59 Å². The van der Waals surface area contributed by atoms with Gasteiger partial charge in [0.25, 0.3) is 0 Å². The Kier molecular flexibility index (Phi) is 5.32. The number of hydrogen-bond acceptors (Lipinski definition) is 2. The van der Waals surface area contributed by atoms with E-state index < -0.39 is 5.97 Å². The summed E-state index contributed by atoms with van der Waals surface area (Å²) in [6.07, 6.45) is 13.3. The van der Waals surface area contributed by atoms with Crippen LogP contribution in [-0.4, -0.2) is 16.9 Å². The number of ketones is 1. The zero-order valence-electron chi connectivity index (χ0n) is 18.7. The number of fused-ring (bicyclic) bond motifs is 5. The van der Waals surface area contributed by atoms with Gasteiger partial charge in [0.15, 0.2) is 5.78 Å². The van der Waals surface area contributed by atoms with Crippen molar-refractivity contribution < 1.29 is 14.7 Å². The van der Waals surface area contributed by atoms with E-state index in [9.17, 15) is 9.59 Å². The minimum absolute atomic E-state index is 0.160. The number of allylic oxidation sites excluding steroid dienone is 3. The first-order valence-electron chi connectivity index (χ1n) is 11.8. The molecular formula is C26H38O3. The van der Waals surface area contributed by atoms with Gasteiger partial charge in [0.1, 0.15) is 0 Å². The van der Waals surface area contributed by atoms with E-state index in [0.717, 1.165) is 25.2 Å². The van der Waals surface area contributed by atoms with Crippen molar-refractivity contribution in [2.24, 2.45) is 40.4 Å². The Hall–Kier alpha value is -1.38. The van der Waals surface area contributed by atoms with Gasteiger partial charge in [-0.05, 0) is 110 Å². The molecule has 0 radical (unpaired) electrons. The highest BCUT2D eigenvalue weighted by Crippen LogP contribution is 2.68. The summed E-state index contributed by atoms with van der Waals surface area (Å²) in [5, 5.41) is 9.13. The van der Waals surface area contributed by atoms with Gasteiger partial charge in [0.05, 0.1) is 0 Å². The van der Waals surface area contributed by atoms with Crippen LogP contribution in [0, 0.1) is 40.4 Å². The van der Waals surface area contributed by atoms with Crippen LogP contribution in [0.5, 0.6) is 0 Å². The van der Waals surface area contributed by atoms with Gasteiger partial charge >= 0.3 is 5.97 Å². The molecule has 3 nitrogen and oxygen atoms in total. The van der Waals surface area contributed by atoms with E-state index >= 15 is 0 Å². The maximum absolute atomic E-state index is 12.2. The summed E-state index contributed by atoms with van der Waals surface area (Å²) in [7, 11) is 0. The number of carbonyl (C=O) groups is 2. The first kappa shape index (κ1) is 20.9. The molecule has 4 aliphatic carbocycles. The van der Waals surface area contributed by atoms with Crippen LogP contribution < -0.4 is 0 Å². The molecule has 0 aromatic rings. The second kappa shape index (κ2) is 7.39. The van der Waals surface area contributed by atoms with Gasteiger partial charge in [-0.1, -0.05) is 26.8 Å². The molecule has 3 heteroatoms. The molecule has 0 spiro atoms. The largest absolute Gasteiger partial charge is 0.481 e. The van der Waals surface area contributed by atoms with Gasteiger partial charge < -0.3 is 5.11 Å². The molecule has 0 saturated heterocycles. The fourth-order valence-corrected chi connectivity index (χ4v) is 8.29. The molecule has 0 aromatic heterocycles. The van der Waals surface area contributed by atoms with E-state index in [1.165, 1.54) is 36.8 Å². The van der Waals surface area contributed by atoms with Gasteiger partial charge in [0.2, 0.25) is 0 Å². The SMILES string of the molecule is C/C=C1/CC2C3CCC([C@H](C)CCC(=O)O)[C@@]3(C)CCC2[C@@]2(C)CCC(=O)C=C12. The fraction of sp³-hybridized carbons (Fsp3) is 0.769. The lowest BCUT2D eigenvalue weighted by molar-refractivity contribution is -0.137. The van der Waals surface area contributed by atoms with E-state index in [1.54, 1.807) is 0 Å². The molecule has 3 saturated carbocycles. The molecule has 4 unspecified atom stereocenters. The van der Waals surface area contributed by atoms with E-state index in [2.05, 4.69) is 33.8 Å². The third-order valence-corrected chi connectivity index (χ3v) is 9.79. The summed E-state index contributed by atoms with van der Waals surface area (Å²) >= 11 is 0. The Morgan fingerprint density at radius 1 is 1.24 bits per heavy atom. The summed E-state index contributed by atoms with van der Waals surface area (Å²) in [5.74, 6) is 2.93. The van der Waals surface area contributed by atoms with Crippen molar-refractivity contribution in [1.29, 1.82) is 0 Å². The smallest absolute Gasteiger partial charge is 0.303 e. The minimum atomic E-state index is -0.663. The molecule has 0 amide bonds. The quantitative estimate of drug-likeness (QED) is 0.614. The lowest BCUT2D eigenvalue weighted by Gasteiger charge is -2.59. The molecular weight excluding hydrogens is 360 g/mol. The maximum atomic E-state index is 12.2. The molecule has 29 heavy (non-hydrogen) atoms. The number of hydrogen-bond donors (Lipinski definition) is 1. The summed E-state index contributed by atoms with van der Waals surface area (Å²) in [5.41, 5.74) is 3.28. The first-order chi connectivity index (χ1) is 13.7. The highest BCUT2D eigenvalue weighted by molar-refractivity contribution is 5.92. The average molecular weight is 399 g/mol. The molecule has 7 atom stereocenters. The second-order valence-electron chi connectivity index (χ2n) is 11.0. The highest BCUT2D eigenvalue weighted by Gasteiger charge is 2.60. The Bertz CT molecular complexity index is 762. The van der Waals surface area contributed by atoms with Gasteiger partial charge in [-0.2, -0.15) is 0 Å². The van der Waals surface area contributed by atoms with E-state index in [-0.39, 0.29) is 5.41 Å². The van der Waals surface area contributed by atoms with Crippen LogP contribution in [0.1, 0.15) is 85.5 Å². The number of rotatable bonds is 4. The Morgan fingerprint density at radius 3 is 2.69 bits per heavy atom. The van der Waals surface area contributed by atoms with Crippen LogP contribution in [0.4, 0.5) is 0 Å². The Labute approximate surface area is 176 Å². The van der Waals surface area contributed by atoms with E-state index in [0.29, 0.717) is 47.7 Å². The maximum Gasteiger partial charge on any atom is 0.303 e. The predicted molar refractivity (Wildman–Crippen MR) is 115 cm³/mol. The van der Waals surface area contributed by atoms with Crippen molar-refractivity contribution in [3.05, 3.63) is 23.3 Å². The predicted octanol–water partition coefficient (Wildman–Crippen LogP) is 6.19. The molecule has 0 aliphatic heterocycles. The number of carbonyl (C=O) groups excluding carboxylic acids is 1. The van der Waals surface area contributed by atoms with Crippen molar-refractivity contribution >= 4 is 11.8 Å². The van der Waals surface area contributed by atoms with E-state index in [4.69, 9.17) is 5.11 Å². The van der Waals surface area contributed by atoms with Gasteiger partial charge in [0, 0.05) is 12.8 Å².